The Morgan fingerprint density at radius 2 is 2.23 bits per heavy atom. The Morgan fingerprint density at radius 3 is 2.86 bits per heavy atom. The fourth-order valence-corrected chi connectivity index (χ4v) is 2.83. The van der Waals surface area contributed by atoms with Gasteiger partial charge in [0.2, 0.25) is 5.91 Å². The van der Waals surface area contributed by atoms with E-state index in [0.717, 1.165) is 17.9 Å². The smallest absolute Gasteiger partial charge is 0.250 e. The number of rotatable bonds is 3. The summed E-state index contributed by atoms with van der Waals surface area (Å²) in [5.41, 5.74) is 7.76. The Balaban J connectivity index is 1.92. The van der Waals surface area contributed by atoms with Gasteiger partial charge in [0.15, 0.2) is 5.82 Å². The van der Waals surface area contributed by atoms with E-state index in [1.165, 1.54) is 18.2 Å². The number of amides is 1. The summed E-state index contributed by atoms with van der Waals surface area (Å²) in [5, 5.41) is 0. The molecule has 1 amide bonds. The van der Waals surface area contributed by atoms with Gasteiger partial charge in [-0.15, -0.1) is 0 Å². The monoisotopic (exact) mass is 297 g/mol. The summed E-state index contributed by atoms with van der Waals surface area (Å²) in [6, 6.07) is 3.32. The molecule has 114 valence electrons. The molecular formula is C17H19N3O2. The highest BCUT2D eigenvalue weighted by Crippen LogP contribution is 2.48. The molecule has 2 aliphatic rings. The molecule has 1 heterocycles. The molecule has 5 heteroatoms. The SMILES string of the molecule is CO/C1=C/C(=Nc2ccc(C(N)=O)cn2)/C=C(/C)C2CC2C1. The maximum atomic E-state index is 11.1. The van der Waals surface area contributed by atoms with Gasteiger partial charge < -0.3 is 10.5 Å². The molecule has 2 unspecified atom stereocenters. The summed E-state index contributed by atoms with van der Waals surface area (Å²) in [7, 11) is 1.69. The van der Waals surface area contributed by atoms with Gasteiger partial charge in [-0.05, 0) is 43.4 Å². The number of primary amides is 1. The number of hydrogen-bond donors (Lipinski definition) is 1. The number of carbonyl (C=O) groups is 1. The number of fused-ring (bicyclic) bond motifs is 1. The zero-order chi connectivity index (χ0) is 15.7. The van der Waals surface area contributed by atoms with Crippen LogP contribution in [0.3, 0.4) is 0 Å². The van der Waals surface area contributed by atoms with Crippen molar-refractivity contribution in [3.8, 4) is 0 Å². The number of aromatic nitrogens is 1. The molecule has 0 spiro atoms. The number of nitrogens with zero attached hydrogens (tertiary/aromatic N) is 2. The van der Waals surface area contributed by atoms with E-state index in [1.807, 2.05) is 6.08 Å². The Kier molecular flexibility index (Phi) is 3.79. The summed E-state index contributed by atoms with van der Waals surface area (Å²) in [4.78, 5) is 19.8. The third kappa shape index (κ3) is 3.08. The number of methoxy groups -OCH3 is 1. The van der Waals surface area contributed by atoms with Gasteiger partial charge in [0.1, 0.15) is 0 Å². The van der Waals surface area contributed by atoms with Crippen LogP contribution in [0.4, 0.5) is 5.82 Å². The van der Waals surface area contributed by atoms with E-state index in [0.29, 0.717) is 23.2 Å². The van der Waals surface area contributed by atoms with Gasteiger partial charge in [-0.1, -0.05) is 5.57 Å². The van der Waals surface area contributed by atoms with Gasteiger partial charge >= 0.3 is 0 Å². The molecule has 2 N–H and O–H groups in total. The molecule has 1 aromatic heterocycles. The molecule has 1 aromatic rings. The first kappa shape index (κ1) is 14.5. The van der Waals surface area contributed by atoms with Gasteiger partial charge in [0, 0.05) is 18.7 Å². The second-order valence-corrected chi connectivity index (χ2v) is 5.82. The lowest BCUT2D eigenvalue weighted by Crippen LogP contribution is -2.10. The molecule has 0 saturated heterocycles. The molecule has 0 radical (unpaired) electrons. The van der Waals surface area contributed by atoms with Crippen molar-refractivity contribution >= 4 is 17.4 Å². The van der Waals surface area contributed by atoms with Crippen molar-refractivity contribution < 1.29 is 9.53 Å². The van der Waals surface area contributed by atoms with Crippen molar-refractivity contribution in [1.82, 2.24) is 4.98 Å². The van der Waals surface area contributed by atoms with E-state index in [9.17, 15) is 4.79 Å². The maximum Gasteiger partial charge on any atom is 0.250 e. The molecule has 22 heavy (non-hydrogen) atoms. The Hall–Kier alpha value is -2.43. The largest absolute Gasteiger partial charge is 0.501 e. The summed E-state index contributed by atoms with van der Waals surface area (Å²) in [6.07, 6.45) is 7.68. The minimum Gasteiger partial charge on any atom is -0.501 e. The maximum absolute atomic E-state index is 11.1. The lowest BCUT2D eigenvalue weighted by molar-refractivity contribution is 0.1000. The third-order valence-corrected chi connectivity index (χ3v) is 4.19. The van der Waals surface area contributed by atoms with Crippen LogP contribution in [0.25, 0.3) is 0 Å². The minimum absolute atomic E-state index is 0.377. The summed E-state index contributed by atoms with van der Waals surface area (Å²) >= 11 is 0. The summed E-state index contributed by atoms with van der Waals surface area (Å²) in [6.45, 7) is 2.15. The van der Waals surface area contributed by atoms with Crippen LogP contribution in [0.5, 0.6) is 0 Å². The van der Waals surface area contributed by atoms with Crippen LogP contribution >= 0.6 is 0 Å². The van der Waals surface area contributed by atoms with E-state index in [4.69, 9.17) is 10.5 Å². The van der Waals surface area contributed by atoms with E-state index in [2.05, 4.69) is 23.0 Å². The number of pyridine rings is 1. The van der Waals surface area contributed by atoms with Crippen molar-refractivity contribution in [1.29, 1.82) is 0 Å². The van der Waals surface area contributed by atoms with Crippen LogP contribution < -0.4 is 5.73 Å². The average molecular weight is 297 g/mol. The molecule has 5 nitrogen and oxygen atoms in total. The fraction of sp³-hybridized carbons (Fsp3) is 0.353. The van der Waals surface area contributed by atoms with Crippen LogP contribution in [0.2, 0.25) is 0 Å². The van der Waals surface area contributed by atoms with Crippen LogP contribution in [0.1, 0.15) is 30.1 Å². The second-order valence-electron chi connectivity index (χ2n) is 5.82. The minimum atomic E-state index is -0.491. The molecule has 0 bridgehead atoms. The van der Waals surface area contributed by atoms with E-state index in [1.54, 1.807) is 19.2 Å². The number of hydrogen-bond acceptors (Lipinski definition) is 4. The van der Waals surface area contributed by atoms with Gasteiger partial charge in [0.05, 0.1) is 24.1 Å². The van der Waals surface area contributed by atoms with Gasteiger partial charge in [-0.2, -0.15) is 0 Å². The molecular weight excluding hydrogens is 278 g/mol. The second kappa shape index (κ2) is 5.75. The Bertz CT molecular complexity index is 686. The first-order chi connectivity index (χ1) is 10.6. The molecule has 2 atom stereocenters. The van der Waals surface area contributed by atoms with E-state index < -0.39 is 5.91 Å². The number of carbonyl (C=O) groups excluding carboxylic acids is 1. The highest BCUT2D eigenvalue weighted by Gasteiger charge is 2.39. The first-order valence-electron chi connectivity index (χ1n) is 7.34. The number of aliphatic imine (C=N–C) groups is 1. The van der Waals surface area contributed by atoms with Crippen molar-refractivity contribution in [2.45, 2.75) is 19.8 Å². The van der Waals surface area contributed by atoms with Crippen molar-refractivity contribution in [2.24, 2.45) is 22.6 Å². The summed E-state index contributed by atoms with van der Waals surface area (Å²) in [5.74, 6) is 2.35. The highest BCUT2D eigenvalue weighted by atomic mass is 16.5. The normalized spacial score (nSPS) is 30.2. The van der Waals surface area contributed by atoms with E-state index >= 15 is 0 Å². The number of ether oxygens (including phenoxy) is 1. The first-order valence-corrected chi connectivity index (χ1v) is 7.34. The molecule has 1 saturated carbocycles. The predicted molar refractivity (Wildman–Crippen MR) is 84.9 cm³/mol. The van der Waals surface area contributed by atoms with Crippen LogP contribution in [-0.4, -0.2) is 23.7 Å². The molecule has 0 aromatic carbocycles. The number of nitrogens with two attached hydrogens (primary N) is 1. The lowest BCUT2D eigenvalue weighted by atomic mass is 10.0. The van der Waals surface area contributed by atoms with Crippen LogP contribution in [-0.2, 0) is 4.74 Å². The quantitative estimate of drug-likeness (QED) is 0.931. The molecule has 2 aliphatic carbocycles. The van der Waals surface area contributed by atoms with Gasteiger partial charge in [-0.3, -0.25) is 4.79 Å². The standard InChI is InChI=1S/C17H19N3O2/c1-10-5-13(8-14(22-2)6-12-7-15(10)12)20-16-4-3-11(9-19-16)17(18)21/h3-5,8-9,12,15H,6-7H2,1-2H3,(H2,18,21)/b10-5-,14-8+,20-13?. The number of allylic oxidation sites excluding steroid dienone is 4. The van der Waals surface area contributed by atoms with Gasteiger partial charge in [-0.25, -0.2) is 9.98 Å². The van der Waals surface area contributed by atoms with Crippen molar-refractivity contribution in [2.75, 3.05) is 7.11 Å². The highest BCUT2D eigenvalue weighted by molar-refractivity contribution is 6.06. The average Bonchev–Trinajstić information content (AvgIpc) is 3.24. The molecule has 3 rings (SSSR count). The van der Waals surface area contributed by atoms with Crippen LogP contribution in [0.15, 0.2) is 46.8 Å². The van der Waals surface area contributed by atoms with E-state index in [-0.39, 0.29) is 0 Å². The summed E-state index contributed by atoms with van der Waals surface area (Å²) < 4.78 is 5.45. The lowest BCUT2D eigenvalue weighted by Gasteiger charge is -2.10. The van der Waals surface area contributed by atoms with Crippen molar-refractivity contribution in [3.63, 3.8) is 0 Å². The third-order valence-electron chi connectivity index (χ3n) is 4.19. The Morgan fingerprint density at radius 1 is 1.41 bits per heavy atom. The Labute approximate surface area is 129 Å². The molecule has 0 aliphatic heterocycles. The fourth-order valence-electron chi connectivity index (χ4n) is 2.83. The van der Waals surface area contributed by atoms with Gasteiger partial charge in [0.25, 0.3) is 0 Å². The van der Waals surface area contributed by atoms with Crippen molar-refractivity contribution in [3.05, 3.63) is 47.4 Å². The zero-order valence-corrected chi connectivity index (χ0v) is 12.7. The predicted octanol–water partition coefficient (Wildman–Crippen LogP) is 2.77. The zero-order valence-electron chi connectivity index (χ0n) is 12.7. The van der Waals surface area contributed by atoms with Crippen LogP contribution in [0, 0.1) is 11.8 Å². The topological polar surface area (TPSA) is 77.6 Å². The molecule has 1 fully saturated rings.